The van der Waals surface area contributed by atoms with Crippen LogP contribution in [0.15, 0.2) is 11.0 Å². The average molecular weight is 254 g/mol. The third kappa shape index (κ3) is 1.87. The van der Waals surface area contributed by atoms with Gasteiger partial charge in [-0.1, -0.05) is 22.3 Å². The van der Waals surface area contributed by atoms with Crippen molar-refractivity contribution in [1.82, 2.24) is 0 Å². The number of hydrogen-bond acceptors (Lipinski definition) is 2. The number of ether oxygens (including phenoxy) is 1. The summed E-state index contributed by atoms with van der Waals surface area (Å²) in [5, 5.41) is 0. The lowest BCUT2D eigenvalue weighted by atomic mass is 9.77. The molecule has 88 valence electrons. The molecule has 3 heteroatoms. The van der Waals surface area contributed by atoms with Crippen LogP contribution in [0.2, 0.25) is 0 Å². The average Bonchev–Trinajstić information content (AvgIpc) is 2.16. The normalized spacial score (nSPS) is 17.8. The summed E-state index contributed by atoms with van der Waals surface area (Å²) in [5.41, 5.74) is 4.34. The minimum Gasteiger partial charge on any atom is -0.493 e. The predicted octanol–water partition coefficient (Wildman–Crippen LogP) is 4.25. The van der Waals surface area contributed by atoms with Crippen molar-refractivity contribution in [2.45, 2.75) is 44.4 Å². The second-order valence-electron chi connectivity index (χ2n) is 5.12. The molecule has 1 aromatic rings. The first-order chi connectivity index (χ1) is 7.47. The molecule has 1 heterocycles. The van der Waals surface area contributed by atoms with Crippen LogP contribution in [0.1, 0.15) is 37.0 Å². The van der Waals surface area contributed by atoms with Gasteiger partial charge in [-0.05, 0) is 42.9 Å². The second kappa shape index (κ2) is 4.23. The smallest absolute Gasteiger partial charge is 0.123 e. The highest BCUT2D eigenvalue weighted by atomic mass is 32.7. The minimum absolute atomic E-state index is 0.237. The molecule has 1 aromatic carbocycles. The number of benzene rings is 1. The topological polar surface area (TPSA) is 9.23 Å². The predicted molar refractivity (Wildman–Crippen MR) is 74.6 cm³/mol. The molecule has 1 aliphatic rings. The zero-order valence-electron chi connectivity index (χ0n) is 10.4. The molecule has 1 unspecified atom stereocenters. The third-order valence-electron chi connectivity index (χ3n) is 3.45. The molecular weight excluding hydrogens is 235 g/mol. The molecule has 0 saturated carbocycles. The maximum absolute atomic E-state index is 5.80. The van der Waals surface area contributed by atoms with Crippen LogP contribution in [0.3, 0.4) is 0 Å². The molecule has 0 spiro atoms. The summed E-state index contributed by atoms with van der Waals surface area (Å²) in [6.45, 7) is 9.84. The molecule has 0 saturated heterocycles. The summed E-state index contributed by atoms with van der Waals surface area (Å²) in [6.07, 6.45) is 1.10. The van der Waals surface area contributed by atoms with Crippen LogP contribution in [0.25, 0.3) is 0 Å². The monoisotopic (exact) mass is 254 g/mol. The van der Waals surface area contributed by atoms with Gasteiger partial charge < -0.3 is 4.74 Å². The molecule has 0 amide bonds. The van der Waals surface area contributed by atoms with Crippen molar-refractivity contribution in [3.8, 4) is 5.75 Å². The van der Waals surface area contributed by atoms with Crippen LogP contribution >= 0.6 is 19.8 Å². The van der Waals surface area contributed by atoms with Gasteiger partial charge in [0.05, 0.1) is 6.61 Å². The van der Waals surface area contributed by atoms with Crippen molar-refractivity contribution in [3.63, 3.8) is 0 Å². The van der Waals surface area contributed by atoms with Gasteiger partial charge in [-0.25, -0.2) is 0 Å². The Balaban J connectivity index is 2.69. The first-order valence-corrected chi connectivity index (χ1v) is 7.91. The largest absolute Gasteiger partial charge is 0.493 e. The highest BCUT2D eigenvalue weighted by molar-refractivity contribution is 8.43. The Bertz CT molecular complexity index is 426. The van der Waals surface area contributed by atoms with Crippen molar-refractivity contribution in [2.75, 3.05) is 6.61 Å². The fraction of sp³-hybridized carbons (Fsp3) is 0.538. The number of aryl methyl sites for hydroxylation is 1. The third-order valence-corrected chi connectivity index (χ3v) is 5.02. The molecule has 16 heavy (non-hydrogen) atoms. The van der Waals surface area contributed by atoms with E-state index in [0.717, 1.165) is 18.8 Å². The fourth-order valence-electron chi connectivity index (χ4n) is 2.61. The molecular formula is C13H19OPS. The summed E-state index contributed by atoms with van der Waals surface area (Å²) in [6, 6.07) is 2.19. The molecule has 0 N–H and O–H groups in total. The van der Waals surface area contributed by atoms with Gasteiger partial charge in [-0.3, -0.25) is 0 Å². The number of fused-ring (bicyclic) bond motifs is 1. The summed E-state index contributed by atoms with van der Waals surface area (Å²) in [4.78, 5) is 1.38. The Labute approximate surface area is 104 Å². The van der Waals surface area contributed by atoms with Gasteiger partial charge in [0.15, 0.2) is 0 Å². The van der Waals surface area contributed by atoms with Crippen LogP contribution in [-0.4, -0.2) is 6.61 Å². The van der Waals surface area contributed by atoms with Gasteiger partial charge in [0.2, 0.25) is 0 Å². The van der Waals surface area contributed by atoms with E-state index in [1.54, 1.807) is 11.4 Å². The van der Waals surface area contributed by atoms with Crippen LogP contribution in [-0.2, 0) is 5.41 Å². The summed E-state index contributed by atoms with van der Waals surface area (Å²) in [5.74, 6) is 1.09. The van der Waals surface area contributed by atoms with Gasteiger partial charge >= 0.3 is 0 Å². The summed E-state index contributed by atoms with van der Waals surface area (Å²) >= 11 is 1.76. The summed E-state index contributed by atoms with van der Waals surface area (Å²) < 4.78 is 5.80. The molecule has 2 rings (SSSR count). The molecule has 0 fully saturated rings. The van der Waals surface area contributed by atoms with E-state index in [-0.39, 0.29) is 5.41 Å². The minimum atomic E-state index is 0.237. The first kappa shape index (κ1) is 12.3. The highest BCUT2D eigenvalue weighted by Crippen LogP contribution is 2.45. The lowest BCUT2D eigenvalue weighted by Gasteiger charge is -2.35. The highest BCUT2D eigenvalue weighted by Gasteiger charge is 2.31. The lowest BCUT2D eigenvalue weighted by molar-refractivity contribution is 0.232. The molecule has 0 bridgehead atoms. The van der Waals surface area contributed by atoms with Gasteiger partial charge in [-0.15, -0.1) is 11.4 Å². The maximum Gasteiger partial charge on any atom is 0.123 e. The van der Waals surface area contributed by atoms with E-state index in [4.69, 9.17) is 4.74 Å². The van der Waals surface area contributed by atoms with E-state index in [1.165, 1.54) is 21.6 Å². The van der Waals surface area contributed by atoms with Crippen LogP contribution in [0.4, 0.5) is 0 Å². The van der Waals surface area contributed by atoms with Crippen molar-refractivity contribution in [2.24, 2.45) is 0 Å². The van der Waals surface area contributed by atoms with Crippen molar-refractivity contribution in [3.05, 3.63) is 22.8 Å². The Morgan fingerprint density at radius 3 is 2.69 bits per heavy atom. The summed E-state index contributed by atoms with van der Waals surface area (Å²) in [7, 11) is 2.75. The Morgan fingerprint density at radius 1 is 1.38 bits per heavy atom. The molecule has 0 aliphatic carbocycles. The Morgan fingerprint density at radius 2 is 2.06 bits per heavy atom. The SMILES string of the molecule is Cc1cc2c(c(C)c1SP)C(C)(C)CCO2. The quantitative estimate of drug-likeness (QED) is 0.693. The van der Waals surface area contributed by atoms with E-state index in [0.29, 0.717) is 0 Å². The van der Waals surface area contributed by atoms with E-state index in [1.807, 2.05) is 0 Å². The molecule has 0 radical (unpaired) electrons. The van der Waals surface area contributed by atoms with Gasteiger partial charge in [-0.2, -0.15) is 0 Å². The van der Waals surface area contributed by atoms with Crippen LogP contribution in [0.5, 0.6) is 5.75 Å². The van der Waals surface area contributed by atoms with Crippen molar-refractivity contribution >= 4 is 19.8 Å². The van der Waals surface area contributed by atoms with Gasteiger partial charge in [0, 0.05) is 10.5 Å². The number of rotatable bonds is 1. The Kier molecular flexibility index (Phi) is 3.25. The van der Waals surface area contributed by atoms with E-state index in [2.05, 4.69) is 42.2 Å². The Hall–Kier alpha value is -0.200. The van der Waals surface area contributed by atoms with Crippen LogP contribution in [0, 0.1) is 13.8 Å². The molecule has 1 nitrogen and oxygen atoms in total. The first-order valence-electron chi connectivity index (χ1n) is 5.61. The van der Waals surface area contributed by atoms with Crippen molar-refractivity contribution < 1.29 is 4.74 Å². The van der Waals surface area contributed by atoms with Crippen LogP contribution < -0.4 is 4.74 Å². The van der Waals surface area contributed by atoms with E-state index >= 15 is 0 Å². The van der Waals surface area contributed by atoms with Gasteiger partial charge in [0.1, 0.15) is 5.75 Å². The van der Waals surface area contributed by atoms with E-state index in [9.17, 15) is 0 Å². The maximum atomic E-state index is 5.80. The zero-order valence-corrected chi connectivity index (χ0v) is 12.4. The molecule has 1 aliphatic heterocycles. The number of hydrogen-bond donors (Lipinski definition) is 0. The molecule has 0 aromatic heterocycles. The zero-order chi connectivity index (χ0) is 11.9. The fourth-order valence-corrected chi connectivity index (χ4v) is 4.22. The van der Waals surface area contributed by atoms with E-state index < -0.39 is 0 Å². The molecule has 1 atom stereocenters. The van der Waals surface area contributed by atoms with Crippen molar-refractivity contribution in [1.29, 1.82) is 0 Å². The second-order valence-corrected chi connectivity index (χ2v) is 6.47. The standard InChI is InChI=1S/C13H19OPS/c1-8-7-10-11(9(2)12(8)16-15)13(3,4)5-6-14-10/h7H,5-6,15H2,1-4H3. The lowest BCUT2D eigenvalue weighted by Crippen LogP contribution is -2.28. The van der Waals surface area contributed by atoms with Gasteiger partial charge in [0.25, 0.3) is 0 Å².